The number of para-hydroxylation sites is 2. The number of aromatic nitrogens is 6. The van der Waals surface area contributed by atoms with Crippen LogP contribution in [0.5, 0.6) is 0 Å². The van der Waals surface area contributed by atoms with Gasteiger partial charge in [-0.15, -0.1) is 0 Å². The average molecular weight is 919 g/mol. The summed E-state index contributed by atoms with van der Waals surface area (Å²) >= 11 is 0. The lowest BCUT2D eigenvalue weighted by Crippen LogP contribution is -1.99. The van der Waals surface area contributed by atoms with Crippen LogP contribution >= 0.6 is 0 Å². The van der Waals surface area contributed by atoms with E-state index in [0.717, 1.165) is 117 Å². The molecule has 0 N–H and O–H groups in total. The van der Waals surface area contributed by atoms with Crippen LogP contribution in [-0.2, 0) is 0 Å². The maximum Gasteiger partial charge on any atom is 0.160 e. The smallest absolute Gasteiger partial charge is 0.160 e. The standard InChI is InChI=1S/C66H42N6/c1-5-21-45(22-6-1)65-67-58-41-47(35-37-60(58)71(65)50-27-9-3-10-28-50)62-57-40-49(54-33-17-25-43-19-13-15-31-52(43)54)39-56(55-34-18-26-44-20-14-16-32-53(44)55)63(57)70-64(69-62)48-36-38-61-59(42-48)68-66(46-23-7-2-8-24-46)72(61)51-29-11-4-12-30-51/h1-42H. The fourth-order valence-electron chi connectivity index (χ4n) is 10.6. The van der Waals surface area contributed by atoms with Gasteiger partial charge in [0.2, 0.25) is 0 Å². The van der Waals surface area contributed by atoms with E-state index < -0.39 is 0 Å². The summed E-state index contributed by atoms with van der Waals surface area (Å²) in [5.41, 5.74) is 15.7. The maximum absolute atomic E-state index is 5.66. The first-order valence-corrected chi connectivity index (χ1v) is 24.3. The minimum Gasteiger partial charge on any atom is -0.292 e. The average Bonchev–Trinajstić information content (AvgIpc) is 4.04. The third-order valence-electron chi connectivity index (χ3n) is 13.9. The molecule has 0 saturated carbocycles. The molecule has 0 atom stereocenters. The van der Waals surface area contributed by atoms with Crippen LogP contribution in [0.1, 0.15) is 0 Å². The fraction of sp³-hybridized carbons (Fsp3) is 0. The second kappa shape index (κ2) is 17.0. The summed E-state index contributed by atoms with van der Waals surface area (Å²) in [6.07, 6.45) is 0. The maximum atomic E-state index is 5.66. The van der Waals surface area contributed by atoms with Crippen molar-refractivity contribution < 1.29 is 0 Å². The van der Waals surface area contributed by atoms with Gasteiger partial charge in [-0.3, -0.25) is 9.13 Å². The van der Waals surface area contributed by atoms with Crippen molar-refractivity contribution in [2.45, 2.75) is 0 Å². The number of fused-ring (bicyclic) bond motifs is 5. The first-order chi connectivity index (χ1) is 35.7. The van der Waals surface area contributed by atoms with E-state index in [-0.39, 0.29) is 0 Å². The van der Waals surface area contributed by atoms with E-state index >= 15 is 0 Å². The Balaban J connectivity index is 1.07. The van der Waals surface area contributed by atoms with Gasteiger partial charge in [0.1, 0.15) is 11.6 Å². The molecule has 3 heterocycles. The summed E-state index contributed by atoms with van der Waals surface area (Å²) in [7, 11) is 0. The lowest BCUT2D eigenvalue weighted by atomic mass is 9.90. The normalized spacial score (nSPS) is 11.6. The topological polar surface area (TPSA) is 61.4 Å². The van der Waals surface area contributed by atoms with E-state index in [4.69, 9.17) is 19.9 Å². The summed E-state index contributed by atoms with van der Waals surface area (Å²) in [5.74, 6) is 2.34. The van der Waals surface area contributed by atoms with Crippen LogP contribution in [0.4, 0.5) is 0 Å². The molecule has 0 radical (unpaired) electrons. The van der Waals surface area contributed by atoms with Crippen molar-refractivity contribution in [3.05, 3.63) is 255 Å². The highest BCUT2D eigenvalue weighted by Crippen LogP contribution is 2.43. The van der Waals surface area contributed by atoms with E-state index in [1.807, 2.05) is 18.2 Å². The number of rotatable bonds is 8. The highest BCUT2D eigenvalue weighted by Gasteiger charge is 2.23. The molecule has 0 spiro atoms. The van der Waals surface area contributed by atoms with Gasteiger partial charge >= 0.3 is 0 Å². The van der Waals surface area contributed by atoms with E-state index in [1.165, 1.54) is 10.8 Å². The van der Waals surface area contributed by atoms with Crippen molar-refractivity contribution in [2.24, 2.45) is 0 Å². The molecule has 0 amide bonds. The van der Waals surface area contributed by atoms with Crippen molar-refractivity contribution in [1.29, 1.82) is 0 Å². The third kappa shape index (κ3) is 6.96. The fourth-order valence-corrected chi connectivity index (χ4v) is 10.6. The van der Waals surface area contributed by atoms with Gasteiger partial charge < -0.3 is 0 Å². The summed E-state index contributed by atoms with van der Waals surface area (Å²) in [6, 6.07) is 89.8. The van der Waals surface area contributed by atoms with Gasteiger partial charge in [-0.1, -0.05) is 188 Å². The molecule has 72 heavy (non-hydrogen) atoms. The Kier molecular flexibility index (Phi) is 9.74. The van der Waals surface area contributed by atoms with Crippen LogP contribution in [0.15, 0.2) is 255 Å². The molecule has 14 aromatic rings. The highest BCUT2D eigenvalue weighted by molar-refractivity contribution is 6.11. The van der Waals surface area contributed by atoms with Crippen molar-refractivity contribution >= 4 is 54.5 Å². The molecule has 14 rings (SSSR count). The molecular weight excluding hydrogens is 877 g/mol. The first kappa shape index (κ1) is 41.2. The number of nitrogens with zero attached hydrogens (tertiary/aromatic N) is 6. The zero-order valence-corrected chi connectivity index (χ0v) is 38.9. The number of hydrogen-bond acceptors (Lipinski definition) is 4. The lowest BCUT2D eigenvalue weighted by Gasteiger charge is -2.17. The minimum atomic E-state index is 0.606. The van der Waals surface area contributed by atoms with Crippen LogP contribution in [-0.4, -0.2) is 29.1 Å². The van der Waals surface area contributed by atoms with Crippen LogP contribution in [0, 0.1) is 0 Å². The summed E-state index contributed by atoms with van der Waals surface area (Å²) in [4.78, 5) is 22.1. The first-order valence-electron chi connectivity index (χ1n) is 24.3. The summed E-state index contributed by atoms with van der Waals surface area (Å²) < 4.78 is 4.49. The minimum absolute atomic E-state index is 0.606. The van der Waals surface area contributed by atoms with Crippen LogP contribution in [0.2, 0.25) is 0 Å². The molecule has 0 saturated heterocycles. The Morgan fingerprint density at radius 3 is 1.33 bits per heavy atom. The van der Waals surface area contributed by atoms with Gasteiger partial charge in [-0.25, -0.2) is 19.9 Å². The Morgan fingerprint density at radius 1 is 0.278 bits per heavy atom. The number of benzene rings is 11. The molecule has 6 nitrogen and oxygen atoms in total. The van der Waals surface area contributed by atoms with Crippen molar-refractivity contribution in [3.8, 4) is 79.0 Å². The van der Waals surface area contributed by atoms with Gasteiger partial charge in [0.25, 0.3) is 0 Å². The SMILES string of the molecule is c1ccc(-c2nc3cc(-c4nc(-c5ccc6c(c5)nc(-c5ccccc5)n6-c5ccccc5)c5cc(-c6cccc7ccccc67)cc(-c6cccc7ccccc67)c5n4)ccc3n2-c2ccccc2)cc1. The molecule has 0 aliphatic carbocycles. The molecular formula is C66H42N6. The van der Waals surface area contributed by atoms with Crippen LogP contribution < -0.4 is 0 Å². The molecule has 0 bridgehead atoms. The Bertz CT molecular complexity index is 4360. The highest BCUT2D eigenvalue weighted by atomic mass is 15.1. The third-order valence-corrected chi connectivity index (χ3v) is 13.9. The largest absolute Gasteiger partial charge is 0.292 e. The molecule has 11 aromatic carbocycles. The zero-order valence-electron chi connectivity index (χ0n) is 38.9. The van der Waals surface area contributed by atoms with Crippen molar-refractivity contribution in [1.82, 2.24) is 29.1 Å². The van der Waals surface area contributed by atoms with Crippen molar-refractivity contribution in [2.75, 3.05) is 0 Å². The van der Waals surface area contributed by atoms with Gasteiger partial charge in [0.05, 0.1) is 33.3 Å². The van der Waals surface area contributed by atoms with E-state index in [2.05, 4.69) is 246 Å². The van der Waals surface area contributed by atoms with E-state index in [1.54, 1.807) is 0 Å². The van der Waals surface area contributed by atoms with Crippen LogP contribution in [0.25, 0.3) is 134 Å². The van der Waals surface area contributed by atoms with E-state index in [9.17, 15) is 0 Å². The molecule has 336 valence electrons. The van der Waals surface area contributed by atoms with Gasteiger partial charge in [0.15, 0.2) is 5.82 Å². The van der Waals surface area contributed by atoms with Gasteiger partial charge in [-0.05, 0) is 105 Å². The lowest BCUT2D eigenvalue weighted by molar-refractivity contribution is 1.10. The number of imidazole rings is 2. The predicted molar refractivity (Wildman–Crippen MR) is 296 cm³/mol. The van der Waals surface area contributed by atoms with Gasteiger partial charge in [-0.2, -0.15) is 0 Å². The second-order valence-corrected chi connectivity index (χ2v) is 18.2. The molecule has 6 heteroatoms. The second-order valence-electron chi connectivity index (χ2n) is 18.2. The number of hydrogen-bond donors (Lipinski definition) is 0. The Morgan fingerprint density at radius 2 is 0.750 bits per heavy atom. The monoisotopic (exact) mass is 918 g/mol. The summed E-state index contributed by atoms with van der Waals surface area (Å²) in [5, 5.41) is 5.62. The summed E-state index contributed by atoms with van der Waals surface area (Å²) in [6.45, 7) is 0. The molecule has 0 aliphatic rings. The predicted octanol–water partition coefficient (Wildman–Crippen LogP) is 16.6. The molecule has 0 aliphatic heterocycles. The quantitative estimate of drug-likeness (QED) is 0.152. The Labute approximate surface area is 415 Å². The Hall–Kier alpha value is -9.78. The molecule has 0 unspecified atom stereocenters. The molecule has 0 fully saturated rings. The van der Waals surface area contributed by atoms with Gasteiger partial charge in [0, 0.05) is 44.6 Å². The van der Waals surface area contributed by atoms with E-state index in [0.29, 0.717) is 5.82 Å². The van der Waals surface area contributed by atoms with Crippen molar-refractivity contribution in [3.63, 3.8) is 0 Å². The van der Waals surface area contributed by atoms with Crippen LogP contribution in [0.3, 0.4) is 0 Å². The molecule has 3 aromatic heterocycles. The zero-order chi connectivity index (χ0) is 47.5.